The van der Waals surface area contributed by atoms with E-state index in [0.717, 1.165) is 5.56 Å². The van der Waals surface area contributed by atoms with Crippen molar-refractivity contribution < 1.29 is 23.1 Å². The predicted molar refractivity (Wildman–Crippen MR) is 65.6 cm³/mol. The van der Waals surface area contributed by atoms with Crippen LogP contribution >= 0.6 is 22.6 Å². The second kappa shape index (κ2) is 5.07. The Morgan fingerprint density at radius 3 is 2.47 bits per heavy atom. The molecular weight excluding hydrogens is 348 g/mol. The number of carbonyl (C=O) groups excluding carboxylic acids is 1. The average molecular weight is 356 g/mol. The minimum absolute atomic E-state index is 0.187. The van der Waals surface area contributed by atoms with E-state index in [2.05, 4.69) is 0 Å². The Kier molecular flexibility index (Phi) is 4.18. The largest absolute Gasteiger partial charge is 0.507 e. The van der Waals surface area contributed by atoms with Gasteiger partial charge >= 0.3 is 6.18 Å². The Bertz CT molecular complexity index is 478. The lowest BCUT2D eigenvalue weighted by atomic mass is 10.1. The number of aliphatic hydroxyl groups is 1. The fraction of sp³-hybridized carbons (Fsp3) is 0.182. The van der Waals surface area contributed by atoms with Crippen molar-refractivity contribution >= 4 is 34.1 Å². The second-order valence-electron chi connectivity index (χ2n) is 3.37. The number of ketones is 1. The van der Waals surface area contributed by atoms with Crippen molar-refractivity contribution in [2.45, 2.75) is 13.1 Å². The Labute approximate surface area is 109 Å². The molecule has 1 N–H and O–H groups in total. The summed E-state index contributed by atoms with van der Waals surface area (Å²) in [6.07, 6.45) is -4.78. The summed E-state index contributed by atoms with van der Waals surface area (Å²) in [5, 5.41) is 9.46. The molecule has 1 aromatic rings. The molecule has 17 heavy (non-hydrogen) atoms. The van der Waals surface area contributed by atoms with Crippen molar-refractivity contribution in [1.82, 2.24) is 0 Å². The summed E-state index contributed by atoms with van der Waals surface area (Å²) in [5.41, 5.74) is 1.11. The van der Waals surface area contributed by atoms with Crippen LogP contribution in [0.5, 0.6) is 0 Å². The summed E-state index contributed by atoms with van der Waals surface area (Å²) in [6.45, 7) is 1.81. The molecule has 0 bridgehead atoms. The van der Waals surface area contributed by atoms with Crippen LogP contribution < -0.4 is 0 Å². The summed E-state index contributed by atoms with van der Waals surface area (Å²) in [6, 6.07) is 4.80. The van der Waals surface area contributed by atoms with E-state index >= 15 is 0 Å². The lowest BCUT2D eigenvalue weighted by molar-refractivity contribution is -0.165. The zero-order valence-corrected chi connectivity index (χ0v) is 10.8. The van der Waals surface area contributed by atoms with Gasteiger partial charge in [0.2, 0.25) is 0 Å². The first-order chi connectivity index (χ1) is 7.71. The maximum Gasteiger partial charge on any atom is 0.454 e. The Morgan fingerprint density at radius 1 is 1.41 bits per heavy atom. The number of halogens is 4. The average Bonchev–Trinajstić information content (AvgIpc) is 2.15. The van der Waals surface area contributed by atoms with Gasteiger partial charge in [-0.15, -0.1) is 0 Å². The molecule has 0 amide bonds. The Morgan fingerprint density at radius 2 is 2.00 bits per heavy atom. The molecule has 2 nitrogen and oxygen atoms in total. The molecule has 0 unspecified atom stereocenters. The van der Waals surface area contributed by atoms with Crippen LogP contribution in [0.15, 0.2) is 24.3 Å². The smallest absolute Gasteiger partial charge is 0.454 e. The molecule has 6 heteroatoms. The maximum absolute atomic E-state index is 12.0. The van der Waals surface area contributed by atoms with Crippen molar-refractivity contribution in [2.75, 3.05) is 0 Å². The minimum atomic E-state index is -4.97. The van der Waals surface area contributed by atoms with Gasteiger partial charge in [0.1, 0.15) is 5.76 Å². The van der Waals surface area contributed by atoms with Gasteiger partial charge in [0.25, 0.3) is 5.78 Å². The van der Waals surface area contributed by atoms with E-state index in [4.69, 9.17) is 0 Å². The molecule has 92 valence electrons. The number of carbonyl (C=O) groups is 1. The van der Waals surface area contributed by atoms with E-state index in [-0.39, 0.29) is 11.6 Å². The number of benzene rings is 1. The third-order valence-electron chi connectivity index (χ3n) is 1.95. The van der Waals surface area contributed by atoms with Gasteiger partial charge in [-0.3, -0.25) is 4.79 Å². The quantitative estimate of drug-likeness (QED) is 0.499. The lowest BCUT2D eigenvalue weighted by Gasteiger charge is -2.05. The molecule has 0 saturated carbocycles. The monoisotopic (exact) mass is 356 g/mol. The van der Waals surface area contributed by atoms with Crippen molar-refractivity contribution in [1.29, 1.82) is 0 Å². The van der Waals surface area contributed by atoms with Gasteiger partial charge in [-0.25, -0.2) is 0 Å². The zero-order chi connectivity index (χ0) is 13.2. The lowest BCUT2D eigenvalue weighted by Crippen LogP contribution is -2.20. The van der Waals surface area contributed by atoms with Gasteiger partial charge < -0.3 is 5.11 Å². The number of allylic oxidation sites excluding steroid dienone is 1. The predicted octanol–water partition coefficient (Wildman–Crippen LogP) is 3.63. The van der Waals surface area contributed by atoms with Crippen LogP contribution in [0.2, 0.25) is 0 Å². The van der Waals surface area contributed by atoms with E-state index < -0.39 is 17.7 Å². The molecule has 0 radical (unpaired) electrons. The van der Waals surface area contributed by atoms with Crippen LogP contribution in [0.4, 0.5) is 13.2 Å². The van der Waals surface area contributed by atoms with Crippen LogP contribution in [-0.2, 0) is 4.79 Å². The summed E-state index contributed by atoms with van der Waals surface area (Å²) in [5.74, 6) is -2.76. The minimum Gasteiger partial charge on any atom is -0.507 e. The highest BCUT2D eigenvalue weighted by Crippen LogP contribution is 2.23. The second-order valence-corrected chi connectivity index (χ2v) is 4.54. The Balaban J connectivity index is 3.09. The molecule has 0 heterocycles. The summed E-state index contributed by atoms with van der Waals surface area (Å²) < 4.78 is 36.5. The first kappa shape index (κ1) is 14.0. The van der Waals surface area contributed by atoms with Crippen molar-refractivity contribution in [3.05, 3.63) is 39.0 Å². The molecule has 0 aliphatic heterocycles. The molecule has 0 aliphatic rings. The van der Waals surface area contributed by atoms with Gasteiger partial charge in [0.15, 0.2) is 0 Å². The number of rotatable bonds is 2. The number of alkyl halides is 3. The zero-order valence-electron chi connectivity index (χ0n) is 8.68. The molecule has 0 saturated heterocycles. The fourth-order valence-corrected chi connectivity index (χ4v) is 2.06. The van der Waals surface area contributed by atoms with E-state index in [1.807, 2.05) is 29.5 Å². The molecule has 0 atom stereocenters. The molecule has 0 aliphatic carbocycles. The van der Waals surface area contributed by atoms with Crippen LogP contribution in [0.1, 0.15) is 11.1 Å². The molecule has 1 aromatic carbocycles. The van der Waals surface area contributed by atoms with Gasteiger partial charge in [-0.05, 0) is 41.6 Å². The topological polar surface area (TPSA) is 37.3 Å². The van der Waals surface area contributed by atoms with Crippen LogP contribution in [0, 0.1) is 10.5 Å². The molecule has 0 spiro atoms. The van der Waals surface area contributed by atoms with Crippen LogP contribution in [0.3, 0.4) is 0 Å². The first-order valence-electron chi connectivity index (χ1n) is 4.50. The highest BCUT2D eigenvalue weighted by Gasteiger charge is 2.37. The third kappa shape index (κ3) is 3.72. The van der Waals surface area contributed by atoms with Gasteiger partial charge in [-0.1, -0.05) is 11.6 Å². The standard InChI is InChI=1S/C11H8F3IO2/c1-6-2-3-7(8(15)4-6)9(16)5-10(17)11(12,13)14/h2-5,16H,1H3/b9-5-. The first-order valence-corrected chi connectivity index (χ1v) is 5.58. The molecule has 0 fully saturated rings. The van der Waals surface area contributed by atoms with Crippen LogP contribution in [-0.4, -0.2) is 17.1 Å². The molecule has 1 rings (SSSR count). The molecule has 0 aromatic heterocycles. The normalized spacial score (nSPS) is 12.6. The van der Waals surface area contributed by atoms with Gasteiger partial charge in [0.05, 0.1) is 0 Å². The van der Waals surface area contributed by atoms with E-state index in [0.29, 0.717) is 3.57 Å². The van der Waals surface area contributed by atoms with E-state index in [1.54, 1.807) is 12.1 Å². The number of hydrogen-bond acceptors (Lipinski definition) is 2. The van der Waals surface area contributed by atoms with E-state index in [1.165, 1.54) is 6.07 Å². The Hall–Kier alpha value is -1.05. The highest BCUT2D eigenvalue weighted by atomic mass is 127. The van der Waals surface area contributed by atoms with Crippen molar-refractivity contribution in [3.63, 3.8) is 0 Å². The van der Waals surface area contributed by atoms with Crippen molar-refractivity contribution in [2.24, 2.45) is 0 Å². The maximum atomic E-state index is 12.0. The summed E-state index contributed by atoms with van der Waals surface area (Å²) >= 11 is 1.88. The van der Waals surface area contributed by atoms with Crippen molar-refractivity contribution in [3.8, 4) is 0 Å². The number of aliphatic hydroxyl groups excluding tert-OH is 1. The SMILES string of the molecule is Cc1ccc(/C(O)=C/C(=O)C(F)(F)F)c(I)c1. The van der Waals surface area contributed by atoms with Crippen LogP contribution in [0.25, 0.3) is 5.76 Å². The van der Waals surface area contributed by atoms with E-state index in [9.17, 15) is 23.1 Å². The number of hydrogen-bond donors (Lipinski definition) is 1. The highest BCUT2D eigenvalue weighted by molar-refractivity contribution is 14.1. The number of aryl methyl sites for hydroxylation is 1. The third-order valence-corrected chi connectivity index (χ3v) is 2.84. The summed E-state index contributed by atoms with van der Waals surface area (Å²) in [7, 11) is 0. The molecular formula is C11H8F3IO2. The fourth-order valence-electron chi connectivity index (χ4n) is 1.11. The van der Waals surface area contributed by atoms with Gasteiger partial charge in [0, 0.05) is 15.2 Å². The summed E-state index contributed by atoms with van der Waals surface area (Å²) in [4.78, 5) is 10.7. The van der Waals surface area contributed by atoms with Gasteiger partial charge in [-0.2, -0.15) is 13.2 Å².